The van der Waals surface area contributed by atoms with Gasteiger partial charge in [-0.05, 0) is 39.4 Å². The first-order chi connectivity index (χ1) is 24.3. The summed E-state index contributed by atoms with van der Waals surface area (Å²) < 4.78 is 7.48. The van der Waals surface area contributed by atoms with Gasteiger partial charge in [0.2, 0.25) is 5.95 Å². The van der Waals surface area contributed by atoms with Crippen LogP contribution in [0.15, 0.2) is 152 Å². The summed E-state index contributed by atoms with van der Waals surface area (Å²) >= 11 is 3.73. The van der Waals surface area contributed by atoms with Gasteiger partial charge in [0.15, 0.2) is 0 Å². The number of hydrogen-bond donors (Lipinski definition) is 0. The van der Waals surface area contributed by atoms with Gasteiger partial charge in [0, 0.05) is 36.5 Å². The fraction of sp³-hybridized carbons (Fsp3) is 0. The van der Waals surface area contributed by atoms with Gasteiger partial charge in [-0.2, -0.15) is 0 Å². The maximum atomic E-state index is 5.61. The molecular formula is C44H25N3S2. The second-order valence-corrected chi connectivity index (χ2v) is 14.6. The van der Waals surface area contributed by atoms with Crippen molar-refractivity contribution in [2.45, 2.75) is 0 Å². The van der Waals surface area contributed by atoms with E-state index in [0.717, 1.165) is 32.9 Å². The Balaban J connectivity index is 1.32. The molecule has 0 amide bonds. The molecule has 0 atom stereocenters. The summed E-state index contributed by atoms with van der Waals surface area (Å²) in [6.07, 6.45) is 0. The summed E-state index contributed by atoms with van der Waals surface area (Å²) in [7, 11) is 0. The lowest BCUT2D eigenvalue weighted by molar-refractivity contribution is 1.02. The van der Waals surface area contributed by atoms with Crippen LogP contribution in [0, 0.1) is 0 Å². The summed E-state index contributed by atoms with van der Waals surface area (Å²) in [5.74, 6) is 0.696. The Bertz CT molecular complexity index is 3010. The van der Waals surface area contributed by atoms with Crippen LogP contribution in [0.3, 0.4) is 0 Å². The Kier molecular flexibility index (Phi) is 5.70. The molecule has 0 spiro atoms. The molecule has 4 aromatic heterocycles. The van der Waals surface area contributed by atoms with E-state index in [-0.39, 0.29) is 0 Å². The first-order valence-corrected chi connectivity index (χ1v) is 18.1. The second kappa shape index (κ2) is 10.3. The van der Waals surface area contributed by atoms with E-state index in [1.54, 1.807) is 0 Å². The zero-order valence-electron chi connectivity index (χ0n) is 26.1. The number of nitrogens with zero attached hydrogens (tertiary/aromatic N) is 3. The summed E-state index contributed by atoms with van der Waals surface area (Å²) in [5.41, 5.74) is 7.72. The maximum Gasteiger partial charge on any atom is 0.235 e. The van der Waals surface area contributed by atoms with Crippen LogP contribution < -0.4 is 0 Å². The van der Waals surface area contributed by atoms with Crippen LogP contribution in [-0.4, -0.2) is 14.5 Å². The fourth-order valence-electron chi connectivity index (χ4n) is 7.65. The molecule has 3 nitrogen and oxygen atoms in total. The number of aromatic nitrogens is 3. The van der Waals surface area contributed by atoms with Crippen molar-refractivity contribution in [3.05, 3.63) is 152 Å². The third kappa shape index (κ3) is 3.88. The lowest BCUT2D eigenvalue weighted by Crippen LogP contribution is -2.04. The molecule has 0 aliphatic heterocycles. The minimum Gasteiger partial charge on any atom is -0.275 e. The summed E-state index contributed by atoms with van der Waals surface area (Å²) in [6, 6.07) is 54.3. The Morgan fingerprint density at radius 2 is 0.857 bits per heavy atom. The monoisotopic (exact) mass is 659 g/mol. The van der Waals surface area contributed by atoms with E-state index in [4.69, 9.17) is 9.97 Å². The van der Waals surface area contributed by atoms with E-state index < -0.39 is 0 Å². The topological polar surface area (TPSA) is 30.7 Å². The Labute approximate surface area is 289 Å². The first kappa shape index (κ1) is 27.1. The van der Waals surface area contributed by atoms with Crippen molar-refractivity contribution < 1.29 is 0 Å². The molecule has 0 aliphatic rings. The normalized spacial score (nSPS) is 12.1. The molecule has 0 radical (unpaired) electrons. The van der Waals surface area contributed by atoms with Crippen molar-refractivity contribution in [3.8, 4) is 28.3 Å². The second-order valence-electron chi connectivity index (χ2n) is 12.5. The van der Waals surface area contributed by atoms with Crippen molar-refractivity contribution >= 4 is 95.7 Å². The van der Waals surface area contributed by atoms with Gasteiger partial charge in [-0.1, -0.05) is 140 Å². The van der Waals surface area contributed by atoms with Gasteiger partial charge in [0.25, 0.3) is 0 Å². The fourth-order valence-corrected chi connectivity index (χ4v) is 10.2. The van der Waals surface area contributed by atoms with Crippen LogP contribution in [0.2, 0.25) is 0 Å². The molecule has 4 heterocycles. The highest BCUT2D eigenvalue weighted by Crippen LogP contribution is 2.48. The quantitative estimate of drug-likeness (QED) is 0.177. The molecule has 11 aromatic rings. The Hall–Kier alpha value is -5.88. The van der Waals surface area contributed by atoms with E-state index in [2.05, 4.69) is 156 Å². The zero-order chi connectivity index (χ0) is 32.1. The molecule has 0 fully saturated rings. The molecular weight excluding hydrogens is 635 g/mol. The summed E-state index contributed by atoms with van der Waals surface area (Å²) in [5, 5.41) is 8.25. The highest BCUT2D eigenvalue weighted by atomic mass is 32.1. The average molecular weight is 660 g/mol. The third-order valence-electron chi connectivity index (χ3n) is 9.82. The van der Waals surface area contributed by atoms with Crippen LogP contribution in [0.1, 0.15) is 0 Å². The minimum atomic E-state index is 0.696. The maximum absolute atomic E-state index is 5.61. The van der Waals surface area contributed by atoms with E-state index in [1.165, 1.54) is 62.5 Å². The van der Waals surface area contributed by atoms with Gasteiger partial charge in [-0.15, -0.1) is 22.7 Å². The molecule has 228 valence electrons. The van der Waals surface area contributed by atoms with Crippen LogP contribution >= 0.6 is 22.7 Å². The highest BCUT2D eigenvalue weighted by Gasteiger charge is 2.25. The SMILES string of the molecule is c1ccc(-c2ccc(-c3nc(-n4c5c6ccccc6sc5c5sc6ccccc6c54)nc4c5ccccc5c5ccccc5c34)cc2)cc1. The highest BCUT2D eigenvalue weighted by molar-refractivity contribution is 7.33. The van der Waals surface area contributed by atoms with Crippen molar-refractivity contribution in [1.29, 1.82) is 0 Å². The van der Waals surface area contributed by atoms with Gasteiger partial charge < -0.3 is 0 Å². The molecule has 0 bridgehead atoms. The number of rotatable bonds is 3. The van der Waals surface area contributed by atoms with Crippen molar-refractivity contribution in [1.82, 2.24) is 14.5 Å². The molecule has 11 rings (SSSR count). The van der Waals surface area contributed by atoms with E-state index >= 15 is 0 Å². The van der Waals surface area contributed by atoms with E-state index in [0.29, 0.717) is 5.95 Å². The van der Waals surface area contributed by atoms with E-state index in [9.17, 15) is 0 Å². The standard InChI is InChI=1S/C44H25N3S2/c1-2-12-26(13-3-1)27-22-24-28(25-23-27)38-37-31-16-6-4-14-29(31)30-15-5-7-17-32(30)39(37)46-44(45-38)47-40-33-18-8-10-20-35(33)48-42(40)43-41(47)34-19-9-11-21-36(34)49-43/h1-25H. The van der Waals surface area contributed by atoms with Gasteiger partial charge in [-0.25, -0.2) is 9.97 Å². The van der Waals surface area contributed by atoms with Gasteiger partial charge in [0.05, 0.1) is 31.6 Å². The molecule has 0 aliphatic carbocycles. The number of hydrogen-bond acceptors (Lipinski definition) is 4. The molecule has 0 saturated carbocycles. The number of fused-ring (bicyclic) bond motifs is 13. The van der Waals surface area contributed by atoms with Crippen molar-refractivity contribution in [3.63, 3.8) is 0 Å². The predicted octanol–water partition coefficient (Wildman–Crippen LogP) is 12.8. The average Bonchev–Trinajstić information content (AvgIpc) is 3.83. The lowest BCUT2D eigenvalue weighted by Gasteiger charge is -2.16. The van der Waals surface area contributed by atoms with Crippen LogP contribution in [0.25, 0.3) is 101 Å². The van der Waals surface area contributed by atoms with Crippen molar-refractivity contribution in [2.24, 2.45) is 0 Å². The molecule has 0 unspecified atom stereocenters. The smallest absolute Gasteiger partial charge is 0.235 e. The third-order valence-corrected chi connectivity index (χ3v) is 12.3. The van der Waals surface area contributed by atoms with Crippen LogP contribution in [0.4, 0.5) is 0 Å². The Morgan fingerprint density at radius 3 is 1.49 bits per heavy atom. The van der Waals surface area contributed by atoms with Gasteiger partial charge in [-0.3, -0.25) is 4.57 Å². The first-order valence-electron chi connectivity index (χ1n) is 16.4. The largest absolute Gasteiger partial charge is 0.275 e. The molecule has 49 heavy (non-hydrogen) atoms. The number of thiophene rings is 2. The zero-order valence-corrected chi connectivity index (χ0v) is 27.7. The lowest BCUT2D eigenvalue weighted by atomic mass is 9.94. The van der Waals surface area contributed by atoms with Gasteiger partial charge in [0.1, 0.15) is 0 Å². The van der Waals surface area contributed by atoms with Gasteiger partial charge >= 0.3 is 0 Å². The van der Waals surface area contributed by atoms with E-state index in [1.807, 2.05) is 22.7 Å². The Morgan fingerprint density at radius 1 is 0.388 bits per heavy atom. The van der Waals surface area contributed by atoms with Crippen molar-refractivity contribution in [2.75, 3.05) is 0 Å². The number of benzene rings is 7. The molecule has 7 aromatic carbocycles. The summed E-state index contributed by atoms with van der Waals surface area (Å²) in [4.78, 5) is 11.2. The van der Waals surface area contributed by atoms with Crippen LogP contribution in [-0.2, 0) is 0 Å². The van der Waals surface area contributed by atoms with Crippen LogP contribution in [0.5, 0.6) is 0 Å². The molecule has 5 heteroatoms. The predicted molar refractivity (Wildman–Crippen MR) is 211 cm³/mol. The summed E-state index contributed by atoms with van der Waals surface area (Å²) in [6.45, 7) is 0. The molecule has 0 N–H and O–H groups in total. The minimum absolute atomic E-state index is 0.696. The molecule has 0 saturated heterocycles.